The Labute approximate surface area is 54.9 Å². The van der Waals surface area contributed by atoms with Crippen LogP contribution in [0.25, 0.3) is 0 Å². The zero-order valence-electron chi connectivity index (χ0n) is 4.87. The molecule has 2 N–H and O–H groups in total. The predicted molar refractivity (Wildman–Crippen MR) is 40.9 cm³/mol. The van der Waals surface area contributed by atoms with Gasteiger partial charge in [0.15, 0.2) is 0 Å². The molecule has 0 saturated carbocycles. The molecule has 2 nitrogen and oxygen atoms in total. The normalized spacial score (nSPS) is 10.7. The Hall–Kier alpha value is -0.750. The number of anilines is 1. The maximum atomic E-state index is 10.3. The molecule has 9 heavy (non-hydrogen) atoms. The van der Waals surface area contributed by atoms with Crippen LogP contribution in [0.15, 0.2) is 24.3 Å². The third-order valence-electron chi connectivity index (χ3n) is 1.05. The fraction of sp³-hybridized carbons (Fsp3) is 0. The lowest BCUT2D eigenvalue weighted by atomic mass is 10.3. The molecule has 1 unspecified atom stereocenters. The first-order chi connectivity index (χ1) is 4.33. The number of hydrogen-bond donors (Lipinski definition) is 1. The largest absolute Gasteiger partial charge is 0.399 e. The van der Waals surface area contributed by atoms with Gasteiger partial charge in [-0.25, -0.2) is 0 Å². The lowest BCUT2D eigenvalue weighted by Crippen LogP contribution is -1.92. The van der Waals surface area contributed by atoms with Gasteiger partial charge in [-0.05, 0) is 12.1 Å². The van der Waals surface area contributed by atoms with Crippen molar-refractivity contribution in [3.8, 4) is 0 Å². The van der Waals surface area contributed by atoms with E-state index in [0.717, 1.165) is 5.30 Å². The van der Waals surface area contributed by atoms with Crippen molar-refractivity contribution in [3.05, 3.63) is 24.3 Å². The van der Waals surface area contributed by atoms with E-state index in [4.69, 9.17) is 5.73 Å². The van der Waals surface area contributed by atoms with Gasteiger partial charge in [-0.2, -0.15) is 0 Å². The first-order valence-electron chi connectivity index (χ1n) is 2.63. The van der Waals surface area contributed by atoms with E-state index < -0.39 is 8.46 Å². The molecule has 1 aromatic rings. The number of benzene rings is 1. The van der Waals surface area contributed by atoms with Crippen LogP contribution in [-0.4, -0.2) is 0 Å². The number of rotatable bonds is 1. The third-order valence-corrected chi connectivity index (χ3v) is 1.68. The van der Waals surface area contributed by atoms with Gasteiger partial charge in [-0.15, -0.1) is 0 Å². The fourth-order valence-corrected chi connectivity index (χ4v) is 1.08. The van der Waals surface area contributed by atoms with Crippen LogP contribution in [0, 0.1) is 0 Å². The molecule has 0 bridgehead atoms. The second-order valence-electron chi connectivity index (χ2n) is 1.79. The van der Waals surface area contributed by atoms with E-state index in [0.29, 0.717) is 5.69 Å². The number of nitrogen functional groups attached to an aromatic ring is 1. The van der Waals surface area contributed by atoms with Crippen LogP contribution in [0.3, 0.4) is 0 Å². The minimum atomic E-state index is -0.832. The highest BCUT2D eigenvalue weighted by Crippen LogP contribution is 2.01. The summed E-state index contributed by atoms with van der Waals surface area (Å²) in [6.07, 6.45) is 0. The van der Waals surface area contributed by atoms with Crippen molar-refractivity contribution in [2.45, 2.75) is 0 Å². The number of nitrogens with two attached hydrogens (primary N) is 1. The van der Waals surface area contributed by atoms with Gasteiger partial charge in [0.25, 0.3) is 0 Å². The quantitative estimate of drug-likeness (QED) is 0.461. The first-order valence-corrected chi connectivity index (χ1v) is 3.68. The van der Waals surface area contributed by atoms with Gasteiger partial charge in [0.05, 0.1) is 8.46 Å². The first kappa shape index (κ1) is 6.37. The molecule has 0 radical (unpaired) electrons. The molecule has 0 aromatic heterocycles. The predicted octanol–water partition coefficient (Wildman–Crippen LogP) is 0.650. The summed E-state index contributed by atoms with van der Waals surface area (Å²) in [6.45, 7) is 0. The van der Waals surface area contributed by atoms with Crippen LogP contribution < -0.4 is 11.0 Å². The van der Waals surface area contributed by atoms with Crippen molar-refractivity contribution < 1.29 is 4.57 Å². The Balaban J connectivity index is 3.07. The molecule has 0 saturated heterocycles. The summed E-state index contributed by atoms with van der Waals surface area (Å²) in [5.41, 5.74) is 6.09. The maximum absolute atomic E-state index is 10.3. The smallest absolute Gasteiger partial charge is 0.0922 e. The van der Waals surface area contributed by atoms with Crippen LogP contribution in [-0.2, 0) is 4.57 Å². The minimum absolute atomic E-state index is 0.677. The fourth-order valence-electron chi connectivity index (χ4n) is 0.632. The van der Waals surface area contributed by atoms with Crippen molar-refractivity contribution in [1.29, 1.82) is 0 Å². The van der Waals surface area contributed by atoms with Crippen molar-refractivity contribution >= 4 is 19.5 Å². The van der Waals surface area contributed by atoms with Crippen molar-refractivity contribution in [1.82, 2.24) is 0 Å². The van der Waals surface area contributed by atoms with Crippen LogP contribution in [0.4, 0.5) is 5.69 Å². The van der Waals surface area contributed by atoms with E-state index in [1.165, 1.54) is 0 Å². The average molecular weight is 141 g/mol. The van der Waals surface area contributed by atoms with Gasteiger partial charge >= 0.3 is 0 Å². The summed E-state index contributed by atoms with van der Waals surface area (Å²) in [5.74, 6) is 0. The van der Waals surface area contributed by atoms with E-state index in [9.17, 15) is 4.57 Å². The zero-order chi connectivity index (χ0) is 6.69. The molecule has 0 aliphatic rings. The van der Waals surface area contributed by atoms with E-state index in [1.54, 1.807) is 24.3 Å². The molecule has 1 rings (SSSR count). The van der Waals surface area contributed by atoms with Crippen molar-refractivity contribution in [2.24, 2.45) is 0 Å². The van der Waals surface area contributed by atoms with Gasteiger partial charge in [-0.3, -0.25) is 0 Å². The van der Waals surface area contributed by atoms with E-state index in [2.05, 4.69) is 0 Å². The molecule has 1 atom stereocenters. The zero-order valence-corrected chi connectivity index (χ0v) is 6.03. The molecule has 0 aliphatic carbocycles. The average Bonchev–Trinajstić information content (AvgIpc) is 1.88. The van der Waals surface area contributed by atoms with Crippen molar-refractivity contribution in [3.63, 3.8) is 0 Å². The highest BCUT2D eigenvalue weighted by molar-refractivity contribution is 7.34. The molecular weight excluding hydrogens is 133 g/mol. The standard InChI is InChI=1S/C6H8NOP/c7-5-2-1-3-6(4-5)9-8/h1-4H,7,9H2. The molecule has 0 heterocycles. The summed E-state index contributed by atoms with van der Waals surface area (Å²) in [4.78, 5) is 0. The minimum Gasteiger partial charge on any atom is -0.399 e. The maximum Gasteiger partial charge on any atom is 0.0922 e. The van der Waals surface area contributed by atoms with Gasteiger partial charge in [0.1, 0.15) is 0 Å². The molecule has 48 valence electrons. The van der Waals surface area contributed by atoms with Crippen LogP contribution in [0.5, 0.6) is 0 Å². The molecule has 1 aromatic carbocycles. The topological polar surface area (TPSA) is 43.1 Å². The lowest BCUT2D eigenvalue weighted by Gasteiger charge is -1.90. The van der Waals surface area contributed by atoms with Gasteiger partial charge in [-0.1, -0.05) is 12.1 Å². The Morgan fingerprint density at radius 1 is 1.44 bits per heavy atom. The molecular formula is C6H8NOP. The van der Waals surface area contributed by atoms with Crippen LogP contribution in [0.1, 0.15) is 0 Å². The highest BCUT2D eigenvalue weighted by atomic mass is 31.1. The van der Waals surface area contributed by atoms with Gasteiger partial charge < -0.3 is 10.3 Å². The van der Waals surface area contributed by atoms with Crippen LogP contribution in [0.2, 0.25) is 0 Å². The lowest BCUT2D eigenvalue weighted by molar-refractivity contribution is 0.603. The summed E-state index contributed by atoms with van der Waals surface area (Å²) in [5, 5.41) is 0.829. The third kappa shape index (κ3) is 1.58. The SMILES string of the molecule is Nc1cccc([PH2]=O)c1. The van der Waals surface area contributed by atoms with Gasteiger partial charge in [0.2, 0.25) is 0 Å². The van der Waals surface area contributed by atoms with Gasteiger partial charge in [0, 0.05) is 11.0 Å². The summed E-state index contributed by atoms with van der Waals surface area (Å²) in [6, 6.07) is 7.11. The van der Waals surface area contributed by atoms with Crippen molar-refractivity contribution in [2.75, 3.05) is 5.73 Å². The Morgan fingerprint density at radius 3 is 2.67 bits per heavy atom. The van der Waals surface area contributed by atoms with E-state index in [1.807, 2.05) is 0 Å². The van der Waals surface area contributed by atoms with E-state index in [-0.39, 0.29) is 0 Å². The molecule has 0 amide bonds. The Kier molecular flexibility index (Phi) is 1.91. The second-order valence-corrected chi connectivity index (χ2v) is 2.69. The monoisotopic (exact) mass is 141 g/mol. The summed E-state index contributed by atoms with van der Waals surface area (Å²) in [7, 11) is -0.832. The highest BCUT2D eigenvalue weighted by Gasteiger charge is 1.85. The van der Waals surface area contributed by atoms with E-state index >= 15 is 0 Å². The molecule has 0 fully saturated rings. The Bertz CT molecular complexity index is 224. The summed E-state index contributed by atoms with van der Waals surface area (Å²) < 4.78 is 10.3. The summed E-state index contributed by atoms with van der Waals surface area (Å²) >= 11 is 0. The number of hydrogen-bond acceptors (Lipinski definition) is 2. The Morgan fingerprint density at radius 2 is 2.22 bits per heavy atom. The molecule has 3 heteroatoms. The molecule has 0 spiro atoms. The second kappa shape index (κ2) is 2.70. The van der Waals surface area contributed by atoms with Crippen LogP contribution >= 0.6 is 8.46 Å². The molecule has 0 aliphatic heterocycles.